The lowest BCUT2D eigenvalue weighted by atomic mass is 9.98. The SMILES string of the molecule is O=C(Nc1cc(C(=O)N2CCC[C@H]2C(=O)O)ccc1Cl)OCC1c2ccccc2-c2ccccc21. The first-order valence-corrected chi connectivity index (χ1v) is 11.8. The Morgan fingerprint density at radius 3 is 2.31 bits per heavy atom. The highest BCUT2D eigenvalue weighted by Crippen LogP contribution is 2.44. The van der Waals surface area contributed by atoms with Gasteiger partial charge in [0.05, 0.1) is 10.7 Å². The molecule has 7 nitrogen and oxygen atoms in total. The van der Waals surface area contributed by atoms with Crippen LogP contribution in [-0.2, 0) is 9.53 Å². The van der Waals surface area contributed by atoms with E-state index in [0.717, 1.165) is 22.3 Å². The quantitative estimate of drug-likeness (QED) is 0.500. The Bertz CT molecular complexity index is 1280. The molecule has 1 aliphatic heterocycles. The molecule has 35 heavy (non-hydrogen) atoms. The van der Waals surface area contributed by atoms with Crippen molar-refractivity contribution in [2.45, 2.75) is 24.8 Å². The standard InChI is InChI=1S/C27H23ClN2O5/c28-22-12-11-16(25(31)30-13-5-10-24(30)26(32)33)14-23(22)29-27(34)35-15-21-19-8-3-1-6-17(19)18-7-2-4-9-20(18)21/h1-4,6-9,11-12,14,21,24H,5,10,13,15H2,(H,29,34)(H,32,33)/t24-/m0/s1. The first-order chi connectivity index (χ1) is 16.9. The molecule has 0 radical (unpaired) electrons. The van der Waals surface area contributed by atoms with Gasteiger partial charge in [0.25, 0.3) is 5.91 Å². The fourth-order valence-corrected chi connectivity index (χ4v) is 5.10. The second-order valence-electron chi connectivity index (χ2n) is 8.64. The monoisotopic (exact) mass is 490 g/mol. The number of benzene rings is 3. The van der Waals surface area contributed by atoms with E-state index in [0.29, 0.717) is 19.4 Å². The Hall–Kier alpha value is -3.84. The predicted octanol–water partition coefficient (Wildman–Crippen LogP) is 5.39. The molecule has 2 aliphatic rings. The van der Waals surface area contributed by atoms with E-state index < -0.39 is 24.0 Å². The molecule has 1 atom stereocenters. The number of aliphatic carboxylic acids is 1. The van der Waals surface area contributed by atoms with Gasteiger partial charge in [0.2, 0.25) is 0 Å². The van der Waals surface area contributed by atoms with Crippen LogP contribution < -0.4 is 5.32 Å². The van der Waals surface area contributed by atoms with E-state index in [1.807, 2.05) is 36.4 Å². The molecule has 0 unspecified atom stereocenters. The Morgan fingerprint density at radius 2 is 1.66 bits per heavy atom. The van der Waals surface area contributed by atoms with Crippen molar-refractivity contribution in [1.29, 1.82) is 0 Å². The van der Waals surface area contributed by atoms with Crippen LogP contribution in [0.15, 0.2) is 66.7 Å². The number of carbonyl (C=O) groups is 3. The highest BCUT2D eigenvalue weighted by atomic mass is 35.5. The number of rotatable bonds is 5. The van der Waals surface area contributed by atoms with Crippen LogP contribution in [0.3, 0.4) is 0 Å². The predicted molar refractivity (Wildman–Crippen MR) is 132 cm³/mol. The minimum Gasteiger partial charge on any atom is -0.480 e. The molecule has 1 fully saturated rings. The number of nitrogens with one attached hydrogen (secondary N) is 1. The summed E-state index contributed by atoms with van der Waals surface area (Å²) in [5.74, 6) is -1.52. The van der Waals surface area contributed by atoms with E-state index in [9.17, 15) is 19.5 Å². The van der Waals surface area contributed by atoms with E-state index in [-0.39, 0.29) is 28.8 Å². The number of hydrogen-bond donors (Lipinski definition) is 2. The Morgan fingerprint density at radius 1 is 1.00 bits per heavy atom. The van der Waals surface area contributed by atoms with Gasteiger partial charge in [-0.25, -0.2) is 9.59 Å². The Balaban J connectivity index is 1.29. The molecule has 2 amide bonds. The largest absolute Gasteiger partial charge is 0.480 e. The molecular formula is C27H23ClN2O5. The van der Waals surface area contributed by atoms with Crippen LogP contribution in [0.25, 0.3) is 11.1 Å². The molecule has 8 heteroatoms. The van der Waals surface area contributed by atoms with Crippen LogP contribution >= 0.6 is 11.6 Å². The normalized spacial score (nSPS) is 16.5. The summed E-state index contributed by atoms with van der Waals surface area (Å²) in [6.07, 6.45) is 0.351. The number of anilines is 1. The van der Waals surface area contributed by atoms with Gasteiger partial charge in [0.1, 0.15) is 12.6 Å². The smallest absolute Gasteiger partial charge is 0.411 e. The molecule has 3 aromatic carbocycles. The van der Waals surface area contributed by atoms with Crippen LogP contribution in [0, 0.1) is 0 Å². The number of hydrogen-bond acceptors (Lipinski definition) is 4. The third-order valence-electron chi connectivity index (χ3n) is 6.59. The van der Waals surface area contributed by atoms with Gasteiger partial charge in [-0.3, -0.25) is 10.1 Å². The maximum absolute atomic E-state index is 12.9. The lowest BCUT2D eigenvalue weighted by Crippen LogP contribution is -2.40. The van der Waals surface area contributed by atoms with Gasteiger partial charge < -0.3 is 14.7 Å². The number of fused-ring (bicyclic) bond motifs is 3. The van der Waals surface area contributed by atoms with Gasteiger partial charge in [-0.1, -0.05) is 60.1 Å². The lowest BCUT2D eigenvalue weighted by Gasteiger charge is -2.22. The van der Waals surface area contributed by atoms with E-state index in [1.54, 1.807) is 0 Å². The molecule has 0 bridgehead atoms. The molecule has 5 rings (SSSR count). The average molecular weight is 491 g/mol. The summed E-state index contributed by atoms with van der Waals surface area (Å²) in [5, 5.41) is 12.2. The minimum atomic E-state index is -1.03. The van der Waals surface area contributed by atoms with Gasteiger partial charge in [-0.15, -0.1) is 0 Å². The second kappa shape index (κ2) is 9.43. The van der Waals surface area contributed by atoms with Crippen LogP contribution in [0.4, 0.5) is 10.5 Å². The molecular weight excluding hydrogens is 468 g/mol. The Kier molecular flexibility index (Phi) is 6.17. The van der Waals surface area contributed by atoms with Crippen LogP contribution in [0.2, 0.25) is 5.02 Å². The maximum Gasteiger partial charge on any atom is 0.411 e. The fraction of sp³-hybridized carbons (Fsp3) is 0.222. The zero-order valence-electron chi connectivity index (χ0n) is 18.7. The number of likely N-dealkylation sites (tertiary alicyclic amines) is 1. The van der Waals surface area contributed by atoms with Gasteiger partial charge in [0.15, 0.2) is 0 Å². The number of ether oxygens (including phenoxy) is 1. The maximum atomic E-state index is 12.9. The van der Waals surface area contributed by atoms with Crippen molar-refractivity contribution in [1.82, 2.24) is 4.90 Å². The van der Waals surface area contributed by atoms with Crippen molar-refractivity contribution in [3.63, 3.8) is 0 Å². The van der Waals surface area contributed by atoms with E-state index in [4.69, 9.17) is 16.3 Å². The molecule has 1 saturated heterocycles. The highest BCUT2D eigenvalue weighted by molar-refractivity contribution is 6.33. The number of amides is 2. The third-order valence-corrected chi connectivity index (χ3v) is 6.92. The molecule has 2 N–H and O–H groups in total. The van der Waals surface area contributed by atoms with E-state index in [2.05, 4.69) is 17.4 Å². The zero-order valence-corrected chi connectivity index (χ0v) is 19.5. The van der Waals surface area contributed by atoms with Crippen LogP contribution in [-0.4, -0.2) is 47.2 Å². The number of carbonyl (C=O) groups excluding carboxylic acids is 2. The lowest BCUT2D eigenvalue weighted by molar-refractivity contribution is -0.141. The van der Waals surface area contributed by atoms with Crippen molar-refractivity contribution in [3.8, 4) is 11.1 Å². The Labute approximate surface area is 207 Å². The molecule has 0 spiro atoms. The van der Waals surface area contributed by atoms with Gasteiger partial charge in [-0.2, -0.15) is 0 Å². The third kappa shape index (κ3) is 4.35. The summed E-state index contributed by atoms with van der Waals surface area (Å²) in [5.41, 5.74) is 4.94. The summed E-state index contributed by atoms with van der Waals surface area (Å²) in [7, 11) is 0. The molecule has 178 valence electrons. The summed E-state index contributed by atoms with van der Waals surface area (Å²) >= 11 is 6.26. The number of carboxylic acid groups (broad SMARTS) is 1. The van der Waals surface area contributed by atoms with Crippen molar-refractivity contribution in [3.05, 3.63) is 88.4 Å². The highest BCUT2D eigenvalue weighted by Gasteiger charge is 2.34. The van der Waals surface area contributed by atoms with Crippen molar-refractivity contribution in [2.75, 3.05) is 18.5 Å². The first kappa shape index (κ1) is 22.9. The summed E-state index contributed by atoms with van der Waals surface area (Å²) in [4.78, 5) is 38.4. The minimum absolute atomic E-state index is 0.0837. The van der Waals surface area contributed by atoms with Crippen LogP contribution in [0.1, 0.15) is 40.2 Å². The molecule has 0 saturated carbocycles. The molecule has 3 aromatic rings. The van der Waals surface area contributed by atoms with Gasteiger partial charge in [-0.05, 0) is 53.3 Å². The van der Waals surface area contributed by atoms with Crippen LogP contribution in [0.5, 0.6) is 0 Å². The number of carboxylic acids is 1. The van der Waals surface area contributed by atoms with Crippen molar-refractivity contribution < 1.29 is 24.2 Å². The van der Waals surface area contributed by atoms with Crippen molar-refractivity contribution >= 4 is 35.3 Å². The average Bonchev–Trinajstić information content (AvgIpc) is 3.47. The second-order valence-corrected chi connectivity index (χ2v) is 9.05. The summed E-state index contributed by atoms with van der Waals surface area (Å²) in [6.45, 7) is 0.512. The molecule has 1 heterocycles. The fourth-order valence-electron chi connectivity index (χ4n) is 4.93. The molecule has 0 aromatic heterocycles. The summed E-state index contributed by atoms with van der Waals surface area (Å²) in [6, 6.07) is 19.7. The van der Waals surface area contributed by atoms with E-state index in [1.165, 1.54) is 23.1 Å². The van der Waals surface area contributed by atoms with Crippen molar-refractivity contribution in [2.24, 2.45) is 0 Å². The zero-order chi connectivity index (χ0) is 24.5. The number of halogens is 1. The van der Waals surface area contributed by atoms with Gasteiger partial charge >= 0.3 is 12.1 Å². The first-order valence-electron chi connectivity index (χ1n) is 11.4. The topological polar surface area (TPSA) is 95.9 Å². The van der Waals surface area contributed by atoms with Gasteiger partial charge in [0, 0.05) is 18.0 Å². The molecule has 1 aliphatic carbocycles. The summed E-state index contributed by atoms with van der Waals surface area (Å²) < 4.78 is 5.57. The van der Waals surface area contributed by atoms with E-state index >= 15 is 0 Å². The number of nitrogens with zero attached hydrogens (tertiary/aromatic N) is 1.